The molecule has 0 unspecified atom stereocenters. The lowest BCUT2D eigenvalue weighted by atomic mass is 10.3. The molecule has 0 aliphatic carbocycles. The molecule has 1 aromatic carbocycles. The van der Waals surface area contributed by atoms with E-state index in [1.165, 1.54) is 12.1 Å². The number of benzene rings is 1. The molecule has 1 aromatic rings. The topological polar surface area (TPSA) is 55.4 Å². The number of amides is 1. The number of methoxy groups -OCH3 is 1. The second-order valence-electron chi connectivity index (χ2n) is 2.57. The van der Waals surface area contributed by atoms with Crippen LogP contribution in [-0.2, 0) is 14.3 Å². The van der Waals surface area contributed by atoms with E-state index in [1.807, 2.05) is 5.32 Å². The van der Waals surface area contributed by atoms with Gasteiger partial charge in [0.15, 0.2) is 0 Å². The summed E-state index contributed by atoms with van der Waals surface area (Å²) >= 11 is 5.50. The summed E-state index contributed by atoms with van der Waals surface area (Å²) in [7, 11) is 1.06. The van der Waals surface area contributed by atoms with Gasteiger partial charge in [-0.1, -0.05) is 11.6 Å². The van der Waals surface area contributed by atoms with E-state index >= 15 is 0 Å². The van der Waals surface area contributed by atoms with Crippen molar-refractivity contribution in [3.05, 3.63) is 29.0 Å². The molecule has 0 spiro atoms. The first-order chi connectivity index (χ1) is 7.04. The van der Waals surface area contributed by atoms with Gasteiger partial charge in [0.2, 0.25) is 0 Å². The Hall–Kier alpha value is -1.62. The molecular weight excluding hydrogens is 225 g/mol. The predicted molar refractivity (Wildman–Crippen MR) is 52.1 cm³/mol. The van der Waals surface area contributed by atoms with Gasteiger partial charge in [-0.2, -0.15) is 0 Å². The summed E-state index contributed by atoms with van der Waals surface area (Å²) < 4.78 is 17.3. The van der Waals surface area contributed by atoms with Gasteiger partial charge in [0.1, 0.15) is 5.82 Å². The largest absolute Gasteiger partial charge is 0.462 e. The fraction of sp³-hybridized carbons (Fsp3) is 0.111. The summed E-state index contributed by atoms with van der Waals surface area (Å²) in [5.41, 5.74) is -0.130. The minimum absolute atomic E-state index is 0.130. The van der Waals surface area contributed by atoms with Crippen molar-refractivity contribution < 1.29 is 18.7 Å². The Morgan fingerprint density at radius 1 is 1.47 bits per heavy atom. The highest BCUT2D eigenvalue weighted by atomic mass is 35.5. The molecular formula is C9H7ClFNO3. The van der Waals surface area contributed by atoms with Crippen molar-refractivity contribution in [2.75, 3.05) is 12.4 Å². The number of esters is 1. The number of carbonyl (C=O) groups excluding carboxylic acids is 2. The zero-order valence-electron chi connectivity index (χ0n) is 7.71. The number of rotatable bonds is 1. The lowest BCUT2D eigenvalue weighted by Gasteiger charge is -2.04. The third kappa shape index (κ3) is 2.92. The van der Waals surface area contributed by atoms with E-state index in [4.69, 9.17) is 11.6 Å². The van der Waals surface area contributed by atoms with Gasteiger partial charge in [-0.15, -0.1) is 0 Å². The Morgan fingerprint density at radius 3 is 2.67 bits per heavy atom. The molecule has 0 aliphatic heterocycles. The Morgan fingerprint density at radius 2 is 2.13 bits per heavy atom. The average molecular weight is 232 g/mol. The average Bonchev–Trinajstić information content (AvgIpc) is 2.20. The molecule has 0 heterocycles. The van der Waals surface area contributed by atoms with Crippen LogP contribution in [0.15, 0.2) is 18.2 Å². The molecule has 0 fully saturated rings. The molecule has 6 heteroatoms. The van der Waals surface area contributed by atoms with Gasteiger partial charge in [-0.05, 0) is 18.2 Å². The number of nitrogens with one attached hydrogen (secondary N) is 1. The Bertz CT molecular complexity index is 408. The first-order valence-electron chi connectivity index (χ1n) is 3.89. The highest BCUT2D eigenvalue weighted by Gasteiger charge is 2.15. The first kappa shape index (κ1) is 11.5. The number of halogens is 2. The highest BCUT2D eigenvalue weighted by molar-refractivity contribution is 6.37. The Balaban J connectivity index is 2.81. The number of hydrogen-bond acceptors (Lipinski definition) is 3. The smallest absolute Gasteiger partial charge is 0.396 e. The van der Waals surface area contributed by atoms with Crippen LogP contribution < -0.4 is 5.32 Å². The van der Waals surface area contributed by atoms with E-state index in [-0.39, 0.29) is 10.7 Å². The summed E-state index contributed by atoms with van der Waals surface area (Å²) in [6, 6.07) is 3.66. The van der Waals surface area contributed by atoms with Crippen LogP contribution in [0.5, 0.6) is 0 Å². The van der Waals surface area contributed by atoms with Crippen LogP contribution in [0.2, 0.25) is 5.02 Å². The van der Waals surface area contributed by atoms with Gasteiger partial charge in [-0.3, -0.25) is 4.79 Å². The maximum Gasteiger partial charge on any atom is 0.396 e. The summed E-state index contributed by atoms with van der Waals surface area (Å²) in [5, 5.41) is 2.24. The van der Waals surface area contributed by atoms with Crippen molar-refractivity contribution in [2.24, 2.45) is 0 Å². The molecule has 0 aliphatic rings. The highest BCUT2D eigenvalue weighted by Crippen LogP contribution is 2.18. The molecule has 0 bridgehead atoms. The molecule has 80 valence electrons. The van der Waals surface area contributed by atoms with Crippen LogP contribution in [0.3, 0.4) is 0 Å². The van der Waals surface area contributed by atoms with Gasteiger partial charge in [0.05, 0.1) is 12.8 Å². The van der Waals surface area contributed by atoms with Gasteiger partial charge in [-0.25, -0.2) is 9.18 Å². The lowest BCUT2D eigenvalue weighted by molar-refractivity contribution is -0.150. The molecule has 0 saturated heterocycles. The van der Waals surface area contributed by atoms with E-state index in [0.29, 0.717) is 0 Å². The zero-order chi connectivity index (χ0) is 11.4. The number of anilines is 1. The fourth-order valence-electron chi connectivity index (χ4n) is 0.857. The van der Waals surface area contributed by atoms with Crippen LogP contribution in [0, 0.1) is 5.82 Å². The van der Waals surface area contributed by atoms with Gasteiger partial charge >= 0.3 is 11.9 Å². The van der Waals surface area contributed by atoms with Gasteiger partial charge in [0, 0.05) is 5.02 Å². The fourth-order valence-corrected chi connectivity index (χ4v) is 1.02. The predicted octanol–water partition coefficient (Wildman–Crippen LogP) is 1.59. The second-order valence-corrected chi connectivity index (χ2v) is 3.01. The van der Waals surface area contributed by atoms with E-state index < -0.39 is 17.7 Å². The Kier molecular flexibility index (Phi) is 3.62. The zero-order valence-corrected chi connectivity index (χ0v) is 8.47. The standard InChI is InChI=1S/C9H7ClFNO3/c1-15-9(14)8(13)12-7-3-2-5(10)4-6(7)11/h2-4H,1H3,(H,12,13). The molecule has 0 atom stereocenters. The molecule has 0 radical (unpaired) electrons. The van der Waals surface area contributed by atoms with Crippen molar-refractivity contribution >= 4 is 29.2 Å². The minimum atomic E-state index is -1.09. The summed E-state index contributed by atoms with van der Waals surface area (Å²) in [6.07, 6.45) is 0. The second kappa shape index (κ2) is 4.75. The molecule has 15 heavy (non-hydrogen) atoms. The molecule has 4 nitrogen and oxygen atoms in total. The Labute approximate surface area is 90.0 Å². The number of carbonyl (C=O) groups is 2. The summed E-state index contributed by atoms with van der Waals surface area (Å²) in [6.45, 7) is 0. The normalized spacial score (nSPS) is 9.53. The quantitative estimate of drug-likeness (QED) is 0.590. The van der Waals surface area contributed by atoms with Crippen molar-refractivity contribution in [2.45, 2.75) is 0 Å². The van der Waals surface area contributed by atoms with Gasteiger partial charge < -0.3 is 10.1 Å². The lowest BCUT2D eigenvalue weighted by Crippen LogP contribution is -2.24. The number of ether oxygens (including phenoxy) is 1. The van der Waals surface area contributed by atoms with Crippen LogP contribution in [-0.4, -0.2) is 19.0 Å². The third-order valence-corrected chi connectivity index (χ3v) is 1.79. The van der Waals surface area contributed by atoms with Crippen molar-refractivity contribution in [1.29, 1.82) is 0 Å². The van der Waals surface area contributed by atoms with E-state index in [0.717, 1.165) is 13.2 Å². The first-order valence-corrected chi connectivity index (χ1v) is 4.26. The van der Waals surface area contributed by atoms with Crippen LogP contribution in [0.1, 0.15) is 0 Å². The third-order valence-electron chi connectivity index (χ3n) is 1.55. The summed E-state index contributed by atoms with van der Waals surface area (Å²) in [4.78, 5) is 21.7. The number of hydrogen-bond donors (Lipinski definition) is 1. The maximum atomic E-state index is 13.1. The van der Waals surface area contributed by atoms with Crippen molar-refractivity contribution in [1.82, 2.24) is 0 Å². The van der Waals surface area contributed by atoms with Gasteiger partial charge in [0.25, 0.3) is 0 Å². The monoisotopic (exact) mass is 231 g/mol. The van der Waals surface area contributed by atoms with Crippen LogP contribution in [0.25, 0.3) is 0 Å². The van der Waals surface area contributed by atoms with Crippen molar-refractivity contribution in [3.63, 3.8) is 0 Å². The van der Waals surface area contributed by atoms with E-state index in [9.17, 15) is 14.0 Å². The van der Waals surface area contributed by atoms with Crippen LogP contribution >= 0.6 is 11.6 Å². The van der Waals surface area contributed by atoms with Crippen molar-refractivity contribution in [3.8, 4) is 0 Å². The summed E-state index contributed by atoms with van der Waals surface area (Å²) in [5.74, 6) is -2.86. The van der Waals surface area contributed by atoms with E-state index in [1.54, 1.807) is 0 Å². The maximum absolute atomic E-state index is 13.1. The SMILES string of the molecule is COC(=O)C(=O)Nc1ccc(Cl)cc1F. The minimum Gasteiger partial charge on any atom is -0.462 e. The molecule has 0 aromatic heterocycles. The molecule has 1 N–H and O–H groups in total. The van der Waals surface area contributed by atoms with Crippen LogP contribution in [0.4, 0.5) is 10.1 Å². The van der Waals surface area contributed by atoms with E-state index in [2.05, 4.69) is 4.74 Å². The molecule has 0 saturated carbocycles. The molecule has 1 amide bonds. The molecule has 1 rings (SSSR count).